The topological polar surface area (TPSA) is 25.2 Å². The van der Waals surface area contributed by atoms with E-state index in [0.717, 1.165) is 54.2 Å². The zero-order chi connectivity index (χ0) is 18.3. The molecule has 0 bridgehead atoms. The van der Waals surface area contributed by atoms with E-state index in [1.807, 2.05) is 17.0 Å². The van der Waals surface area contributed by atoms with Gasteiger partial charge in [0.15, 0.2) is 0 Å². The Bertz CT molecular complexity index is 804. The van der Waals surface area contributed by atoms with E-state index in [2.05, 4.69) is 17.7 Å². The van der Waals surface area contributed by atoms with Gasteiger partial charge in [0.25, 0.3) is 0 Å². The zero-order valence-electron chi connectivity index (χ0n) is 15.9. The Hall–Kier alpha value is -1.84. The van der Waals surface area contributed by atoms with Crippen molar-refractivity contribution in [3.05, 3.63) is 35.8 Å². The lowest BCUT2D eigenvalue weighted by Gasteiger charge is -2.40. The quantitative estimate of drug-likeness (QED) is 0.737. The molecular formula is C22H29FN2O. The minimum Gasteiger partial charge on any atom is -0.344 e. The molecule has 140 valence electrons. The molecule has 0 N–H and O–H groups in total. The fraction of sp³-hybridized carbons (Fsp3) is 0.591. The molecule has 2 heterocycles. The molecule has 4 rings (SSSR count). The lowest BCUT2D eigenvalue weighted by molar-refractivity contribution is -0.130. The van der Waals surface area contributed by atoms with E-state index in [1.54, 1.807) is 13.0 Å². The molecular weight excluding hydrogens is 327 g/mol. The van der Waals surface area contributed by atoms with Gasteiger partial charge in [0.05, 0.1) is 5.52 Å². The molecule has 1 amide bonds. The molecule has 1 aliphatic carbocycles. The summed E-state index contributed by atoms with van der Waals surface area (Å²) in [5.41, 5.74) is 2.23. The van der Waals surface area contributed by atoms with Gasteiger partial charge in [-0.25, -0.2) is 4.39 Å². The van der Waals surface area contributed by atoms with E-state index in [0.29, 0.717) is 6.04 Å². The number of hydrogen-bond donors (Lipinski definition) is 0. The number of piperidine rings is 1. The molecule has 0 spiro atoms. The number of aromatic nitrogens is 1. The summed E-state index contributed by atoms with van der Waals surface area (Å²) in [5, 5.41) is 0.752. The number of fused-ring (bicyclic) bond motifs is 1. The smallest absolute Gasteiger partial charge is 0.219 e. The zero-order valence-corrected chi connectivity index (χ0v) is 15.9. The molecule has 2 fully saturated rings. The molecule has 0 radical (unpaired) electrons. The van der Waals surface area contributed by atoms with Gasteiger partial charge in [0, 0.05) is 37.6 Å². The molecule has 4 heteroatoms. The Morgan fingerprint density at radius 2 is 1.85 bits per heavy atom. The van der Waals surface area contributed by atoms with Crippen molar-refractivity contribution in [2.45, 2.75) is 58.4 Å². The summed E-state index contributed by atoms with van der Waals surface area (Å²) in [4.78, 5) is 13.6. The molecule has 2 aliphatic rings. The van der Waals surface area contributed by atoms with E-state index >= 15 is 0 Å². The first-order valence-corrected chi connectivity index (χ1v) is 10.1. The number of hydrogen-bond acceptors (Lipinski definition) is 1. The Labute approximate surface area is 155 Å². The summed E-state index contributed by atoms with van der Waals surface area (Å²) in [6.07, 6.45) is 9.28. The summed E-state index contributed by atoms with van der Waals surface area (Å²) >= 11 is 0. The van der Waals surface area contributed by atoms with Crippen molar-refractivity contribution < 1.29 is 9.18 Å². The van der Waals surface area contributed by atoms with E-state index in [4.69, 9.17) is 0 Å². The molecule has 1 aliphatic heterocycles. The number of halogens is 1. The number of rotatable bonds is 2. The van der Waals surface area contributed by atoms with Crippen LogP contribution < -0.4 is 0 Å². The van der Waals surface area contributed by atoms with E-state index in [1.165, 1.54) is 25.7 Å². The maximum Gasteiger partial charge on any atom is 0.219 e. The molecule has 26 heavy (non-hydrogen) atoms. The third kappa shape index (κ3) is 3.15. The molecule has 2 atom stereocenters. The molecule has 3 nitrogen and oxygen atoms in total. The minimum absolute atomic E-state index is 0.117. The Kier molecular flexibility index (Phi) is 4.76. The van der Waals surface area contributed by atoms with Crippen LogP contribution in [0.25, 0.3) is 10.9 Å². The minimum atomic E-state index is -0.117. The summed E-state index contributed by atoms with van der Waals surface area (Å²) in [5.74, 6) is 1.55. The SMILES string of the molecule is CC(=O)N1CCC([C@H]2CCC[C@@H](n3ccc4c(F)ccc(C)c43)C2)CC1. The number of amides is 1. The highest BCUT2D eigenvalue weighted by atomic mass is 19.1. The maximum absolute atomic E-state index is 14.2. The molecule has 1 aromatic carbocycles. The van der Waals surface area contributed by atoms with Gasteiger partial charge in [-0.1, -0.05) is 18.9 Å². The van der Waals surface area contributed by atoms with Crippen LogP contribution in [0.1, 0.15) is 57.1 Å². The van der Waals surface area contributed by atoms with Crippen molar-refractivity contribution in [1.82, 2.24) is 9.47 Å². The summed E-state index contributed by atoms with van der Waals surface area (Å²) < 4.78 is 16.5. The Balaban J connectivity index is 1.51. The van der Waals surface area contributed by atoms with Gasteiger partial charge in [-0.05, 0) is 62.1 Å². The highest BCUT2D eigenvalue weighted by molar-refractivity contribution is 5.84. The van der Waals surface area contributed by atoms with Crippen LogP contribution in [-0.2, 0) is 4.79 Å². The number of nitrogens with zero attached hydrogens (tertiary/aromatic N) is 2. The number of carbonyl (C=O) groups excluding carboxylic acids is 1. The molecule has 2 aromatic rings. The summed E-state index contributed by atoms with van der Waals surface area (Å²) in [6.45, 7) is 5.58. The van der Waals surface area contributed by atoms with Gasteiger partial charge < -0.3 is 9.47 Å². The van der Waals surface area contributed by atoms with E-state index < -0.39 is 0 Å². The summed E-state index contributed by atoms with van der Waals surface area (Å²) in [7, 11) is 0. The summed E-state index contributed by atoms with van der Waals surface area (Å²) in [6, 6.07) is 5.88. The normalized spacial score (nSPS) is 25.0. The lowest BCUT2D eigenvalue weighted by Crippen LogP contribution is -2.39. The standard InChI is InChI=1S/C22H29FN2O/c1-15-6-7-21(23)20-10-13-25(22(15)20)19-5-3-4-18(14-19)17-8-11-24(12-9-17)16(2)26/h6-7,10,13,17-19H,3-5,8-9,11-12,14H2,1-2H3/t18-,19+/m0/s1. The van der Waals surface area contributed by atoms with E-state index in [9.17, 15) is 9.18 Å². The second-order valence-electron chi connectivity index (χ2n) is 8.27. The molecule has 1 aromatic heterocycles. The van der Waals surface area contributed by atoms with Crippen molar-refractivity contribution >= 4 is 16.8 Å². The highest BCUT2D eigenvalue weighted by Crippen LogP contribution is 2.41. The predicted molar refractivity (Wildman–Crippen MR) is 103 cm³/mol. The second kappa shape index (κ2) is 7.05. The van der Waals surface area contributed by atoms with Crippen molar-refractivity contribution in [3.8, 4) is 0 Å². The van der Waals surface area contributed by atoms with Crippen molar-refractivity contribution in [3.63, 3.8) is 0 Å². The van der Waals surface area contributed by atoms with Crippen molar-refractivity contribution in [2.24, 2.45) is 11.8 Å². The van der Waals surface area contributed by atoms with Crippen LogP contribution in [0.2, 0.25) is 0 Å². The average molecular weight is 356 g/mol. The number of likely N-dealkylation sites (tertiary alicyclic amines) is 1. The first-order chi connectivity index (χ1) is 12.5. The second-order valence-corrected chi connectivity index (χ2v) is 8.27. The van der Waals surface area contributed by atoms with Gasteiger partial charge in [0.1, 0.15) is 5.82 Å². The fourth-order valence-electron chi connectivity index (χ4n) is 5.29. The van der Waals surface area contributed by atoms with Crippen LogP contribution in [0.15, 0.2) is 24.4 Å². The van der Waals surface area contributed by atoms with Gasteiger partial charge in [-0.15, -0.1) is 0 Å². The van der Waals surface area contributed by atoms with Crippen LogP contribution in [0.3, 0.4) is 0 Å². The van der Waals surface area contributed by atoms with Crippen LogP contribution >= 0.6 is 0 Å². The van der Waals surface area contributed by atoms with Crippen LogP contribution in [-0.4, -0.2) is 28.5 Å². The fourth-order valence-corrected chi connectivity index (χ4v) is 5.29. The van der Waals surface area contributed by atoms with Gasteiger partial charge in [-0.2, -0.15) is 0 Å². The number of carbonyl (C=O) groups is 1. The lowest BCUT2D eigenvalue weighted by atomic mass is 9.74. The van der Waals surface area contributed by atoms with Crippen molar-refractivity contribution in [1.29, 1.82) is 0 Å². The number of aryl methyl sites for hydroxylation is 1. The molecule has 1 saturated carbocycles. The molecule has 0 unspecified atom stereocenters. The van der Waals surface area contributed by atoms with Crippen LogP contribution in [0.4, 0.5) is 4.39 Å². The average Bonchev–Trinajstić information content (AvgIpc) is 3.11. The van der Waals surface area contributed by atoms with Crippen molar-refractivity contribution in [2.75, 3.05) is 13.1 Å². The van der Waals surface area contributed by atoms with Gasteiger partial charge in [-0.3, -0.25) is 4.79 Å². The van der Waals surface area contributed by atoms with Gasteiger partial charge in [0.2, 0.25) is 5.91 Å². The molecule has 1 saturated heterocycles. The number of benzene rings is 1. The first-order valence-electron chi connectivity index (χ1n) is 10.1. The Morgan fingerprint density at radius 3 is 2.58 bits per heavy atom. The maximum atomic E-state index is 14.2. The van der Waals surface area contributed by atoms with E-state index in [-0.39, 0.29) is 11.7 Å². The first kappa shape index (κ1) is 17.6. The monoisotopic (exact) mass is 356 g/mol. The predicted octanol–water partition coefficient (Wildman–Crippen LogP) is 5.08. The van der Waals surface area contributed by atoms with Crippen LogP contribution in [0, 0.1) is 24.6 Å². The largest absolute Gasteiger partial charge is 0.344 e. The van der Waals surface area contributed by atoms with Gasteiger partial charge >= 0.3 is 0 Å². The van der Waals surface area contributed by atoms with Crippen LogP contribution in [0.5, 0.6) is 0 Å². The third-order valence-electron chi connectivity index (χ3n) is 6.76. The third-order valence-corrected chi connectivity index (χ3v) is 6.76. The highest BCUT2D eigenvalue weighted by Gasteiger charge is 2.32. The Morgan fingerprint density at radius 1 is 1.08 bits per heavy atom.